The fourth-order valence-corrected chi connectivity index (χ4v) is 2.03. The Labute approximate surface area is 103 Å². The lowest BCUT2D eigenvalue weighted by Crippen LogP contribution is -2.00. The largest absolute Gasteiger partial charge is 0.490 e. The van der Waals surface area contributed by atoms with Crippen molar-refractivity contribution in [2.45, 2.75) is 10.1 Å². The molecule has 2 aromatic heterocycles. The zero-order valence-electron chi connectivity index (χ0n) is 9.41. The molecule has 0 radical (unpaired) electrons. The molecule has 0 aliphatic carbocycles. The van der Waals surface area contributed by atoms with E-state index in [2.05, 4.69) is 25.3 Å². The van der Waals surface area contributed by atoms with Crippen LogP contribution in [0, 0.1) is 0 Å². The van der Waals surface area contributed by atoms with Gasteiger partial charge in [-0.15, -0.1) is 0 Å². The molecule has 88 valence electrons. The van der Waals surface area contributed by atoms with Crippen molar-refractivity contribution >= 4 is 17.6 Å². The average Bonchev–Trinajstić information content (AvgIpc) is 2.39. The molecule has 0 amide bonds. The fraction of sp³-hybridized carbons (Fsp3) is 0.200. The van der Waals surface area contributed by atoms with Crippen LogP contribution in [0.4, 0.5) is 5.82 Å². The maximum atomic E-state index is 5.29. The number of nitrogens with one attached hydrogen (secondary N) is 1. The number of ether oxygens (including phenoxy) is 1. The highest BCUT2D eigenvalue weighted by Gasteiger charge is 2.12. The third-order valence-corrected chi connectivity index (χ3v) is 2.90. The lowest BCUT2D eigenvalue weighted by molar-refractivity contribution is 0.400. The number of anilines is 1. The van der Waals surface area contributed by atoms with E-state index in [1.165, 1.54) is 24.4 Å². The first-order chi connectivity index (χ1) is 8.35. The average molecular weight is 249 g/mol. The first-order valence-electron chi connectivity index (χ1n) is 4.85. The summed E-state index contributed by atoms with van der Waals surface area (Å²) in [4.78, 5) is 16.2. The molecule has 2 rings (SSSR count). The highest BCUT2D eigenvalue weighted by Crippen LogP contribution is 2.35. The van der Waals surface area contributed by atoms with Gasteiger partial charge in [0.2, 0.25) is 0 Å². The number of nitrogens with zero attached hydrogens (tertiary/aromatic N) is 4. The number of hydrogen-bond donors (Lipinski definition) is 1. The normalized spacial score (nSPS) is 10.0. The summed E-state index contributed by atoms with van der Waals surface area (Å²) in [5.74, 6) is 1.26. The van der Waals surface area contributed by atoms with Crippen molar-refractivity contribution in [3.8, 4) is 5.75 Å². The van der Waals surface area contributed by atoms with Crippen molar-refractivity contribution in [3.05, 3.63) is 24.9 Å². The van der Waals surface area contributed by atoms with Gasteiger partial charge in [-0.25, -0.2) is 19.9 Å². The molecule has 0 fully saturated rings. The molecule has 0 aliphatic rings. The van der Waals surface area contributed by atoms with E-state index < -0.39 is 0 Å². The Morgan fingerprint density at radius 2 is 2.12 bits per heavy atom. The van der Waals surface area contributed by atoms with E-state index >= 15 is 0 Å². The van der Waals surface area contributed by atoms with Crippen LogP contribution < -0.4 is 10.1 Å². The maximum absolute atomic E-state index is 5.29. The Hall–Kier alpha value is -1.89. The molecule has 0 unspecified atom stereocenters. The van der Waals surface area contributed by atoms with E-state index in [1.54, 1.807) is 20.4 Å². The quantitative estimate of drug-likeness (QED) is 0.822. The minimum Gasteiger partial charge on any atom is -0.490 e. The van der Waals surface area contributed by atoms with Gasteiger partial charge >= 0.3 is 0 Å². The SMILES string of the molecule is CNc1ncnc(Sc2ccncn2)c1OC. The zero-order chi connectivity index (χ0) is 12.1. The highest BCUT2D eigenvalue weighted by atomic mass is 32.2. The third kappa shape index (κ3) is 2.62. The summed E-state index contributed by atoms with van der Waals surface area (Å²) in [5.41, 5.74) is 0. The smallest absolute Gasteiger partial charge is 0.194 e. The molecule has 0 spiro atoms. The molecular weight excluding hydrogens is 238 g/mol. The lowest BCUT2D eigenvalue weighted by atomic mass is 10.5. The van der Waals surface area contributed by atoms with Gasteiger partial charge in [0.1, 0.15) is 22.7 Å². The van der Waals surface area contributed by atoms with Crippen molar-refractivity contribution in [2.24, 2.45) is 0 Å². The van der Waals surface area contributed by atoms with Crippen LogP contribution in [0.2, 0.25) is 0 Å². The van der Waals surface area contributed by atoms with Gasteiger partial charge < -0.3 is 10.1 Å². The molecule has 7 heteroatoms. The molecule has 2 aromatic rings. The molecule has 0 atom stereocenters. The van der Waals surface area contributed by atoms with Crippen molar-refractivity contribution in [3.63, 3.8) is 0 Å². The van der Waals surface area contributed by atoms with Gasteiger partial charge in [0.25, 0.3) is 0 Å². The van der Waals surface area contributed by atoms with E-state index in [4.69, 9.17) is 4.74 Å². The van der Waals surface area contributed by atoms with Crippen molar-refractivity contribution in [2.75, 3.05) is 19.5 Å². The van der Waals surface area contributed by atoms with Gasteiger partial charge in [-0.1, -0.05) is 0 Å². The van der Waals surface area contributed by atoms with Crippen molar-refractivity contribution < 1.29 is 4.74 Å². The summed E-state index contributed by atoms with van der Waals surface area (Å²) in [7, 11) is 3.37. The number of rotatable bonds is 4. The molecule has 6 nitrogen and oxygen atoms in total. The predicted octanol–water partition coefficient (Wildman–Crippen LogP) is 1.47. The Morgan fingerprint density at radius 3 is 2.76 bits per heavy atom. The van der Waals surface area contributed by atoms with Gasteiger partial charge in [0.15, 0.2) is 11.6 Å². The van der Waals surface area contributed by atoms with Gasteiger partial charge in [-0.05, 0) is 17.8 Å². The summed E-state index contributed by atoms with van der Waals surface area (Å²) in [6.07, 6.45) is 4.66. The Balaban J connectivity index is 2.33. The maximum Gasteiger partial charge on any atom is 0.194 e. The zero-order valence-corrected chi connectivity index (χ0v) is 10.2. The molecule has 0 aromatic carbocycles. The summed E-state index contributed by atoms with van der Waals surface area (Å²) in [6.45, 7) is 0. The molecule has 0 bridgehead atoms. The summed E-state index contributed by atoms with van der Waals surface area (Å²) in [6, 6.07) is 1.81. The van der Waals surface area contributed by atoms with Crippen LogP contribution in [0.5, 0.6) is 5.75 Å². The summed E-state index contributed by atoms with van der Waals surface area (Å²) in [5, 5.41) is 4.47. The van der Waals surface area contributed by atoms with Crippen molar-refractivity contribution in [1.29, 1.82) is 0 Å². The Bertz CT molecular complexity index is 493. The van der Waals surface area contributed by atoms with E-state index in [0.717, 1.165) is 5.03 Å². The number of hydrogen-bond acceptors (Lipinski definition) is 7. The van der Waals surface area contributed by atoms with Crippen LogP contribution in [0.15, 0.2) is 35.0 Å². The van der Waals surface area contributed by atoms with Crippen LogP contribution in [-0.2, 0) is 0 Å². The Morgan fingerprint density at radius 1 is 1.24 bits per heavy atom. The molecule has 0 aliphatic heterocycles. The minimum atomic E-state index is 0.610. The third-order valence-electron chi connectivity index (χ3n) is 1.97. The monoisotopic (exact) mass is 249 g/mol. The summed E-state index contributed by atoms with van der Waals surface area (Å²) < 4.78 is 5.29. The minimum absolute atomic E-state index is 0.610. The topological polar surface area (TPSA) is 72.8 Å². The van der Waals surface area contributed by atoms with Gasteiger partial charge in [0.05, 0.1) is 7.11 Å². The van der Waals surface area contributed by atoms with Crippen LogP contribution in [0.3, 0.4) is 0 Å². The van der Waals surface area contributed by atoms with Crippen LogP contribution in [0.1, 0.15) is 0 Å². The molecule has 2 heterocycles. The van der Waals surface area contributed by atoms with E-state index in [9.17, 15) is 0 Å². The molecule has 17 heavy (non-hydrogen) atoms. The first kappa shape index (κ1) is 11.6. The van der Waals surface area contributed by atoms with Crippen LogP contribution in [-0.4, -0.2) is 34.1 Å². The van der Waals surface area contributed by atoms with Crippen molar-refractivity contribution in [1.82, 2.24) is 19.9 Å². The van der Waals surface area contributed by atoms with E-state index in [0.29, 0.717) is 16.6 Å². The highest BCUT2D eigenvalue weighted by molar-refractivity contribution is 7.99. The molecular formula is C10H11N5OS. The fourth-order valence-electron chi connectivity index (χ4n) is 1.23. The van der Waals surface area contributed by atoms with Gasteiger partial charge in [0, 0.05) is 13.2 Å². The molecule has 0 saturated carbocycles. The van der Waals surface area contributed by atoms with E-state index in [1.807, 2.05) is 6.07 Å². The second-order valence-electron chi connectivity index (χ2n) is 2.96. The predicted molar refractivity (Wildman–Crippen MR) is 64.3 cm³/mol. The second kappa shape index (κ2) is 5.44. The lowest BCUT2D eigenvalue weighted by Gasteiger charge is -2.09. The van der Waals surface area contributed by atoms with Crippen LogP contribution in [0.25, 0.3) is 0 Å². The standard InChI is InChI=1S/C10H11N5OS/c1-11-9-8(16-2)10(15-6-14-9)17-7-3-4-12-5-13-7/h3-6H,1-2H3,(H,11,14,15). The second-order valence-corrected chi connectivity index (χ2v) is 3.97. The van der Waals surface area contributed by atoms with E-state index in [-0.39, 0.29) is 0 Å². The molecule has 0 saturated heterocycles. The van der Waals surface area contributed by atoms with Crippen LogP contribution >= 0.6 is 11.8 Å². The number of methoxy groups -OCH3 is 1. The first-order valence-corrected chi connectivity index (χ1v) is 5.67. The van der Waals surface area contributed by atoms with Gasteiger partial charge in [-0.2, -0.15) is 0 Å². The number of aromatic nitrogens is 4. The van der Waals surface area contributed by atoms with Gasteiger partial charge in [-0.3, -0.25) is 0 Å². The summed E-state index contributed by atoms with van der Waals surface area (Å²) >= 11 is 1.40. The molecule has 1 N–H and O–H groups in total. The Kier molecular flexibility index (Phi) is 3.71.